The molecular formula is C13H18O4. The summed E-state index contributed by atoms with van der Waals surface area (Å²) >= 11 is 0. The van der Waals surface area contributed by atoms with Crippen molar-refractivity contribution in [3.8, 4) is 0 Å². The van der Waals surface area contributed by atoms with E-state index in [2.05, 4.69) is 17.9 Å². The number of rotatable bonds is 4. The molecule has 4 nitrogen and oxygen atoms in total. The van der Waals surface area contributed by atoms with Gasteiger partial charge in [0.05, 0.1) is 0 Å². The van der Waals surface area contributed by atoms with E-state index in [1.807, 2.05) is 6.08 Å². The molecule has 0 atom stereocenters. The van der Waals surface area contributed by atoms with Crippen LogP contribution in [0.2, 0.25) is 0 Å². The van der Waals surface area contributed by atoms with Gasteiger partial charge < -0.3 is 9.47 Å². The van der Waals surface area contributed by atoms with E-state index in [0.29, 0.717) is 5.57 Å². The summed E-state index contributed by atoms with van der Waals surface area (Å²) in [4.78, 5) is 20.7. The third-order valence-corrected chi connectivity index (χ3v) is 1.72. The van der Waals surface area contributed by atoms with E-state index in [-0.39, 0.29) is 18.5 Å². The molecular weight excluding hydrogens is 220 g/mol. The Hall–Kier alpha value is -1.84. The Morgan fingerprint density at radius 3 is 2.29 bits per heavy atom. The zero-order chi connectivity index (χ0) is 13.3. The number of hydrogen-bond donors (Lipinski definition) is 0. The van der Waals surface area contributed by atoms with Crippen molar-refractivity contribution in [3.05, 3.63) is 36.6 Å². The molecule has 0 aromatic heterocycles. The lowest BCUT2D eigenvalue weighted by Gasteiger charge is -2.11. The predicted molar refractivity (Wildman–Crippen MR) is 65.1 cm³/mol. The highest BCUT2D eigenvalue weighted by Crippen LogP contribution is 2.18. The van der Waals surface area contributed by atoms with Gasteiger partial charge in [0.25, 0.3) is 0 Å². The molecule has 0 aromatic carbocycles. The van der Waals surface area contributed by atoms with E-state index in [1.165, 1.54) is 13.0 Å². The predicted octanol–water partition coefficient (Wildman–Crippen LogP) is 2.52. The van der Waals surface area contributed by atoms with Gasteiger partial charge in [-0.1, -0.05) is 19.2 Å². The van der Waals surface area contributed by atoms with E-state index < -0.39 is 0 Å². The van der Waals surface area contributed by atoms with Crippen LogP contribution in [-0.4, -0.2) is 18.5 Å². The van der Waals surface area contributed by atoms with Crippen molar-refractivity contribution in [2.45, 2.75) is 26.7 Å². The molecule has 0 saturated heterocycles. The molecule has 0 unspecified atom stereocenters. The molecule has 0 radical (unpaired) electrons. The molecule has 0 spiro atoms. The minimum Gasteiger partial charge on any atom is -0.458 e. The second-order valence-electron chi connectivity index (χ2n) is 3.47. The standard InChI is InChI=1S/C7H10O2.C6H8O2/c1-4-5-9-7(8)6(2)3;1-5(7)8-6-3-2-4-6/h4H,1-2,5H2,3H3;3H,2,4H2,1H3. The van der Waals surface area contributed by atoms with Crippen LogP contribution in [0, 0.1) is 0 Å². The molecule has 0 amide bonds. The summed E-state index contributed by atoms with van der Waals surface area (Å²) in [6.07, 6.45) is 5.42. The average Bonchev–Trinajstić information content (AvgIpc) is 2.20. The summed E-state index contributed by atoms with van der Waals surface area (Å²) in [7, 11) is 0. The number of hydrogen-bond acceptors (Lipinski definition) is 4. The number of carbonyl (C=O) groups excluding carboxylic acids is 2. The van der Waals surface area contributed by atoms with Gasteiger partial charge >= 0.3 is 11.9 Å². The third-order valence-electron chi connectivity index (χ3n) is 1.72. The van der Waals surface area contributed by atoms with Gasteiger partial charge in [0.15, 0.2) is 0 Å². The molecule has 0 fully saturated rings. The van der Waals surface area contributed by atoms with Crippen LogP contribution < -0.4 is 0 Å². The Kier molecular flexibility index (Phi) is 7.43. The zero-order valence-electron chi connectivity index (χ0n) is 10.3. The Morgan fingerprint density at radius 2 is 2.06 bits per heavy atom. The summed E-state index contributed by atoms with van der Waals surface area (Å²) < 4.78 is 9.30. The molecule has 4 heteroatoms. The lowest BCUT2D eigenvalue weighted by molar-refractivity contribution is -0.138. The molecule has 1 aliphatic carbocycles. The number of ether oxygens (including phenoxy) is 2. The van der Waals surface area contributed by atoms with Crippen molar-refractivity contribution in [1.82, 2.24) is 0 Å². The first-order chi connectivity index (χ1) is 7.97. The maximum atomic E-state index is 10.5. The molecule has 0 aliphatic heterocycles. The van der Waals surface area contributed by atoms with Gasteiger partial charge in [-0.05, 0) is 19.4 Å². The van der Waals surface area contributed by atoms with Gasteiger partial charge in [0.2, 0.25) is 0 Å². The third kappa shape index (κ3) is 8.02. The zero-order valence-corrected chi connectivity index (χ0v) is 10.3. The summed E-state index contributed by atoms with van der Waals surface area (Å²) in [5, 5.41) is 0. The fourth-order valence-electron chi connectivity index (χ4n) is 0.797. The van der Waals surface area contributed by atoms with E-state index in [4.69, 9.17) is 4.74 Å². The molecule has 0 N–H and O–H groups in total. The maximum Gasteiger partial charge on any atom is 0.333 e. The van der Waals surface area contributed by atoms with E-state index in [9.17, 15) is 9.59 Å². The molecule has 17 heavy (non-hydrogen) atoms. The normalized spacial score (nSPS) is 12.0. The van der Waals surface area contributed by atoms with Crippen molar-refractivity contribution < 1.29 is 19.1 Å². The maximum absolute atomic E-state index is 10.5. The Morgan fingerprint density at radius 1 is 1.47 bits per heavy atom. The SMILES string of the molecule is C=CCOC(=O)C(=C)C.CC(=O)OC1=CCC1. The Balaban J connectivity index is 0.000000302. The fraction of sp³-hybridized carbons (Fsp3) is 0.385. The van der Waals surface area contributed by atoms with Crippen LogP contribution in [0.5, 0.6) is 0 Å². The second-order valence-corrected chi connectivity index (χ2v) is 3.47. The van der Waals surface area contributed by atoms with Crippen molar-refractivity contribution >= 4 is 11.9 Å². The van der Waals surface area contributed by atoms with Crippen molar-refractivity contribution in [1.29, 1.82) is 0 Å². The Bertz CT molecular complexity index is 339. The lowest BCUT2D eigenvalue weighted by Crippen LogP contribution is -2.03. The van der Waals surface area contributed by atoms with Gasteiger partial charge in [-0.15, -0.1) is 0 Å². The molecule has 0 aromatic rings. The average molecular weight is 238 g/mol. The molecule has 0 heterocycles. The largest absolute Gasteiger partial charge is 0.458 e. The first-order valence-corrected chi connectivity index (χ1v) is 5.28. The van der Waals surface area contributed by atoms with Crippen LogP contribution in [0.25, 0.3) is 0 Å². The molecule has 0 saturated carbocycles. The first-order valence-electron chi connectivity index (χ1n) is 5.28. The van der Waals surface area contributed by atoms with Crippen LogP contribution in [0.1, 0.15) is 26.7 Å². The van der Waals surface area contributed by atoms with Crippen molar-refractivity contribution in [2.24, 2.45) is 0 Å². The van der Waals surface area contributed by atoms with E-state index >= 15 is 0 Å². The number of carbonyl (C=O) groups is 2. The van der Waals surface area contributed by atoms with Gasteiger partial charge in [0, 0.05) is 18.9 Å². The molecule has 1 rings (SSSR count). The summed E-state index contributed by atoms with van der Waals surface area (Å²) in [5.74, 6) is 0.253. The van der Waals surface area contributed by atoms with Crippen LogP contribution in [0.3, 0.4) is 0 Å². The monoisotopic (exact) mass is 238 g/mol. The van der Waals surface area contributed by atoms with Crippen LogP contribution in [0.15, 0.2) is 36.6 Å². The lowest BCUT2D eigenvalue weighted by atomic mass is 10.1. The summed E-state index contributed by atoms with van der Waals surface area (Å²) in [6, 6.07) is 0. The highest BCUT2D eigenvalue weighted by Gasteiger charge is 2.07. The minimum atomic E-state index is -0.366. The van der Waals surface area contributed by atoms with Crippen LogP contribution in [0.4, 0.5) is 0 Å². The smallest absolute Gasteiger partial charge is 0.333 e. The quantitative estimate of drug-likeness (QED) is 0.429. The van der Waals surface area contributed by atoms with E-state index in [0.717, 1.165) is 18.6 Å². The number of allylic oxidation sites excluding steroid dienone is 2. The second kappa shape index (κ2) is 8.33. The Labute approximate surface area is 102 Å². The topological polar surface area (TPSA) is 52.6 Å². The van der Waals surface area contributed by atoms with E-state index in [1.54, 1.807) is 6.92 Å². The van der Waals surface area contributed by atoms with Gasteiger partial charge in [0.1, 0.15) is 12.4 Å². The van der Waals surface area contributed by atoms with Gasteiger partial charge in [-0.25, -0.2) is 4.79 Å². The highest BCUT2D eigenvalue weighted by atomic mass is 16.5. The fourth-order valence-corrected chi connectivity index (χ4v) is 0.797. The summed E-state index contributed by atoms with van der Waals surface area (Å²) in [6.45, 7) is 10.1. The van der Waals surface area contributed by atoms with Crippen LogP contribution >= 0.6 is 0 Å². The van der Waals surface area contributed by atoms with Crippen molar-refractivity contribution in [3.63, 3.8) is 0 Å². The highest BCUT2D eigenvalue weighted by molar-refractivity contribution is 5.86. The van der Waals surface area contributed by atoms with Gasteiger partial charge in [-0.2, -0.15) is 0 Å². The summed E-state index contributed by atoms with van der Waals surface area (Å²) in [5.41, 5.74) is 0.414. The first kappa shape index (κ1) is 15.2. The number of esters is 2. The molecule has 0 bridgehead atoms. The molecule has 94 valence electrons. The van der Waals surface area contributed by atoms with Crippen molar-refractivity contribution in [2.75, 3.05) is 6.61 Å². The molecule has 1 aliphatic rings. The van der Waals surface area contributed by atoms with Crippen LogP contribution in [-0.2, 0) is 19.1 Å². The minimum absolute atomic E-state index is 0.212. The van der Waals surface area contributed by atoms with Gasteiger partial charge in [-0.3, -0.25) is 4.79 Å².